The maximum Gasteiger partial charge on any atom is 0.336 e. The fourth-order valence-corrected chi connectivity index (χ4v) is 1.79. The molecule has 0 saturated carbocycles. The quantitative estimate of drug-likeness (QED) is 0.844. The standard InChI is InChI=1S/C14H9FO3/c15-13(16)11-7-3-1-5-9(11)10-6-2-4-8-12(10)14(17)18/h1-8H,(H,17,18). The van der Waals surface area contributed by atoms with Crippen molar-refractivity contribution in [1.82, 2.24) is 0 Å². The molecule has 0 saturated heterocycles. The molecular weight excluding hydrogens is 235 g/mol. The first-order chi connectivity index (χ1) is 8.61. The minimum atomic E-state index is -1.58. The molecule has 0 atom stereocenters. The lowest BCUT2D eigenvalue weighted by Crippen LogP contribution is -2.02. The summed E-state index contributed by atoms with van der Waals surface area (Å²) in [6, 6.07) is 10.6. The van der Waals surface area contributed by atoms with E-state index in [-0.39, 0.29) is 16.7 Å². The molecule has 0 spiro atoms. The van der Waals surface area contributed by atoms with Crippen LogP contribution in [0.2, 0.25) is 0 Å². The van der Waals surface area contributed by atoms with Crippen LogP contribution in [-0.2, 0) is 0 Å². The number of hydrogen-bond donors (Lipinski definition) is 1. The number of rotatable bonds is 3. The maximum absolute atomic E-state index is 12.9. The van der Waals surface area contributed by atoms with Crippen LogP contribution in [0.25, 0.3) is 11.1 Å². The molecule has 0 unspecified atom stereocenters. The molecule has 18 heavy (non-hydrogen) atoms. The van der Waals surface area contributed by atoms with Gasteiger partial charge in [0.15, 0.2) is 0 Å². The molecule has 0 aliphatic carbocycles. The van der Waals surface area contributed by atoms with Gasteiger partial charge in [-0.25, -0.2) is 4.79 Å². The fourth-order valence-electron chi connectivity index (χ4n) is 1.79. The van der Waals surface area contributed by atoms with E-state index < -0.39 is 12.0 Å². The summed E-state index contributed by atoms with van der Waals surface area (Å²) >= 11 is 0. The Morgan fingerprint density at radius 2 is 1.28 bits per heavy atom. The lowest BCUT2D eigenvalue weighted by atomic mass is 9.96. The molecule has 2 rings (SSSR count). The Morgan fingerprint density at radius 1 is 0.833 bits per heavy atom. The Morgan fingerprint density at radius 3 is 1.78 bits per heavy atom. The summed E-state index contributed by atoms with van der Waals surface area (Å²) in [6.07, 6.45) is 0. The van der Waals surface area contributed by atoms with Crippen molar-refractivity contribution in [3.63, 3.8) is 0 Å². The van der Waals surface area contributed by atoms with Crippen molar-refractivity contribution in [3.05, 3.63) is 59.7 Å². The van der Waals surface area contributed by atoms with E-state index in [0.29, 0.717) is 5.56 Å². The van der Waals surface area contributed by atoms with E-state index in [1.165, 1.54) is 24.3 Å². The number of aromatic carboxylic acids is 1. The normalized spacial score (nSPS) is 10.1. The molecule has 4 heteroatoms. The van der Waals surface area contributed by atoms with Gasteiger partial charge in [-0.05, 0) is 23.3 Å². The largest absolute Gasteiger partial charge is 0.478 e. The van der Waals surface area contributed by atoms with Crippen LogP contribution in [0.1, 0.15) is 20.7 Å². The van der Waals surface area contributed by atoms with Crippen LogP contribution in [0.5, 0.6) is 0 Å². The van der Waals surface area contributed by atoms with Crippen LogP contribution < -0.4 is 0 Å². The molecule has 90 valence electrons. The molecule has 3 nitrogen and oxygen atoms in total. The first-order valence-electron chi connectivity index (χ1n) is 5.23. The zero-order valence-corrected chi connectivity index (χ0v) is 9.26. The number of hydrogen-bond acceptors (Lipinski definition) is 2. The number of carboxylic acids is 1. The van der Waals surface area contributed by atoms with Gasteiger partial charge in [0.2, 0.25) is 0 Å². The van der Waals surface area contributed by atoms with Gasteiger partial charge in [-0.15, -0.1) is 0 Å². The molecule has 0 aliphatic heterocycles. The van der Waals surface area contributed by atoms with Crippen LogP contribution in [0, 0.1) is 0 Å². The minimum absolute atomic E-state index is 0.0335. The number of carbonyl (C=O) groups excluding carboxylic acids is 1. The van der Waals surface area contributed by atoms with Crippen LogP contribution in [0.15, 0.2) is 48.5 Å². The van der Waals surface area contributed by atoms with Crippen molar-refractivity contribution in [3.8, 4) is 11.1 Å². The highest BCUT2D eigenvalue weighted by atomic mass is 19.1. The average Bonchev–Trinajstić information content (AvgIpc) is 2.38. The van der Waals surface area contributed by atoms with Crippen molar-refractivity contribution in [2.24, 2.45) is 0 Å². The molecule has 0 aromatic heterocycles. The third-order valence-corrected chi connectivity index (χ3v) is 2.59. The maximum atomic E-state index is 12.9. The van der Waals surface area contributed by atoms with Gasteiger partial charge < -0.3 is 5.11 Å². The minimum Gasteiger partial charge on any atom is -0.478 e. The highest BCUT2D eigenvalue weighted by molar-refractivity contribution is 6.02. The van der Waals surface area contributed by atoms with E-state index in [9.17, 15) is 14.0 Å². The third-order valence-electron chi connectivity index (χ3n) is 2.59. The highest BCUT2D eigenvalue weighted by Gasteiger charge is 2.16. The van der Waals surface area contributed by atoms with Crippen LogP contribution in [0.3, 0.4) is 0 Å². The molecular formula is C14H9FO3. The Kier molecular flexibility index (Phi) is 3.19. The van der Waals surface area contributed by atoms with Gasteiger partial charge in [-0.2, -0.15) is 4.39 Å². The van der Waals surface area contributed by atoms with E-state index in [4.69, 9.17) is 5.11 Å². The lowest BCUT2D eigenvalue weighted by molar-refractivity contribution is 0.0696. The van der Waals surface area contributed by atoms with E-state index in [1.54, 1.807) is 24.3 Å². The predicted molar refractivity (Wildman–Crippen MR) is 64.3 cm³/mol. The molecule has 0 aliphatic rings. The van der Waals surface area contributed by atoms with Gasteiger partial charge in [0.05, 0.1) is 11.1 Å². The number of benzene rings is 2. The second-order valence-electron chi connectivity index (χ2n) is 3.67. The molecule has 0 amide bonds. The van der Waals surface area contributed by atoms with Gasteiger partial charge in [0.25, 0.3) is 0 Å². The highest BCUT2D eigenvalue weighted by Crippen LogP contribution is 2.27. The third kappa shape index (κ3) is 2.13. The summed E-state index contributed by atoms with van der Waals surface area (Å²) in [4.78, 5) is 22.0. The van der Waals surface area contributed by atoms with E-state index in [2.05, 4.69) is 0 Å². The number of halogens is 1. The number of carboxylic acid groups (broad SMARTS) is 1. The van der Waals surface area contributed by atoms with Crippen molar-refractivity contribution in [2.75, 3.05) is 0 Å². The zero-order valence-electron chi connectivity index (χ0n) is 9.26. The summed E-state index contributed by atoms with van der Waals surface area (Å²) in [5, 5.41) is 9.08. The lowest BCUT2D eigenvalue weighted by Gasteiger charge is -2.08. The smallest absolute Gasteiger partial charge is 0.336 e. The topological polar surface area (TPSA) is 54.4 Å². The fraction of sp³-hybridized carbons (Fsp3) is 0. The van der Waals surface area contributed by atoms with E-state index >= 15 is 0 Å². The van der Waals surface area contributed by atoms with Gasteiger partial charge in [0, 0.05) is 0 Å². The average molecular weight is 244 g/mol. The molecule has 0 heterocycles. The van der Waals surface area contributed by atoms with Crippen LogP contribution in [-0.4, -0.2) is 17.1 Å². The predicted octanol–water partition coefficient (Wildman–Crippen LogP) is 3.16. The second kappa shape index (κ2) is 4.79. The molecule has 0 bridgehead atoms. The summed E-state index contributed by atoms with van der Waals surface area (Å²) in [5.74, 6) is -1.12. The van der Waals surface area contributed by atoms with Crippen LogP contribution in [0.4, 0.5) is 4.39 Å². The Hall–Kier alpha value is -2.49. The summed E-state index contributed by atoms with van der Waals surface area (Å²) in [7, 11) is 0. The molecule has 0 radical (unpaired) electrons. The van der Waals surface area contributed by atoms with Gasteiger partial charge in [-0.1, -0.05) is 36.4 Å². The Balaban J connectivity index is 2.70. The molecule has 2 aromatic rings. The Bertz CT molecular complexity index is 564. The first-order valence-corrected chi connectivity index (χ1v) is 5.23. The SMILES string of the molecule is O=C(O)c1ccccc1-c1ccccc1C(=O)F. The van der Waals surface area contributed by atoms with Crippen molar-refractivity contribution < 1.29 is 19.1 Å². The number of carbonyl (C=O) groups is 2. The molecule has 2 aromatic carbocycles. The summed E-state index contributed by atoms with van der Waals surface area (Å²) < 4.78 is 12.9. The molecule has 0 fully saturated rings. The van der Waals surface area contributed by atoms with Crippen molar-refractivity contribution >= 4 is 12.0 Å². The summed E-state index contributed by atoms with van der Waals surface area (Å²) in [6.45, 7) is 0. The summed E-state index contributed by atoms with van der Waals surface area (Å²) in [5.41, 5.74) is 0.506. The zero-order chi connectivity index (χ0) is 13.1. The van der Waals surface area contributed by atoms with E-state index in [0.717, 1.165) is 0 Å². The molecule has 1 N–H and O–H groups in total. The van der Waals surface area contributed by atoms with Crippen LogP contribution >= 0.6 is 0 Å². The van der Waals surface area contributed by atoms with Crippen molar-refractivity contribution in [1.29, 1.82) is 0 Å². The van der Waals surface area contributed by atoms with Crippen molar-refractivity contribution in [2.45, 2.75) is 0 Å². The van der Waals surface area contributed by atoms with Gasteiger partial charge in [-0.3, -0.25) is 4.79 Å². The second-order valence-corrected chi connectivity index (χ2v) is 3.67. The monoisotopic (exact) mass is 244 g/mol. The van der Waals surface area contributed by atoms with E-state index in [1.807, 2.05) is 0 Å². The van der Waals surface area contributed by atoms with Gasteiger partial charge in [0.1, 0.15) is 0 Å². The Labute approximate surface area is 103 Å². The van der Waals surface area contributed by atoms with Gasteiger partial charge >= 0.3 is 12.0 Å². The first kappa shape index (κ1) is 12.0.